The maximum Gasteiger partial charge on any atom is 0.119 e. The zero-order valence-corrected chi connectivity index (χ0v) is 13.8. The third kappa shape index (κ3) is 3.68. The van der Waals surface area contributed by atoms with Gasteiger partial charge in [-0.05, 0) is 68.5 Å². The van der Waals surface area contributed by atoms with Gasteiger partial charge in [0, 0.05) is 0 Å². The molecule has 0 saturated heterocycles. The van der Waals surface area contributed by atoms with Crippen LogP contribution in [0, 0.1) is 32.1 Å². The molecule has 2 aromatic carbocycles. The van der Waals surface area contributed by atoms with E-state index in [0.29, 0.717) is 6.61 Å². The molecule has 0 spiro atoms. The number of hydrogen-bond donors (Lipinski definition) is 0. The number of benzene rings is 2. The normalized spacial score (nSPS) is 11.8. The van der Waals surface area contributed by atoms with Gasteiger partial charge in [-0.1, -0.05) is 29.8 Å². The van der Waals surface area contributed by atoms with Gasteiger partial charge in [0.1, 0.15) is 5.75 Å². The molecule has 0 N–H and O–H groups in total. The third-order valence-electron chi connectivity index (χ3n) is 3.92. The predicted molar refractivity (Wildman–Crippen MR) is 90.3 cm³/mol. The number of rotatable bonds is 5. The first-order valence-electron chi connectivity index (χ1n) is 7.74. The molecule has 0 heterocycles. The van der Waals surface area contributed by atoms with Gasteiger partial charge in [0.2, 0.25) is 0 Å². The van der Waals surface area contributed by atoms with Crippen LogP contribution in [0.1, 0.15) is 40.7 Å². The van der Waals surface area contributed by atoms with Crippen LogP contribution in [-0.2, 0) is 6.42 Å². The first kappa shape index (κ1) is 16.1. The van der Waals surface area contributed by atoms with Crippen molar-refractivity contribution in [3.8, 4) is 11.8 Å². The van der Waals surface area contributed by atoms with Crippen molar-refractivity contribution in [2.24, 2.45) is 0 Å². The van der Waals surface area contributed by atoms with Gasteiger partial charge >= 0.3 is 0 Å². The van der Waals surface area contributed by atoms with E-state index in [9.17, 15) is 5.26 Å². The fourth-order valence-corrected chi connectivity index (χ4v) is 3.08. The molecule has 2 heteroatoms. The fourth-order valence-electron chi connectivity index (χ4n) is 3.08. The van der Waals surface area contributed by atoms with Gasteiger partial charge in [-0.2, -0.15) is 5.26 Å². The Morgan fingerprint density at radius 3 is 2.14 bits per heavy atom. The summed E-state index contributed by atoms with van der Waals surface area (Å²) >= 11 is 0. The molecule has 2 nitrogen and oxygen atoms in total. The van der Waals surface area contributed by atoms with Crippen molar-refractivity contribution in [1.29, 1.82) is 5.26 Å². The van der Waals surface area contributed by atoms with Crippen LogP contribution in [0.5, 0.6) is 5.75 Å². The van der Waals surface area contributed by atoms with Crippen LogP contribution in [0.3, 0.4) is 0 Å². The summed E-state index contributed by atoms with van der Waals surface area (Å²) in [6, 6.07) is 14.8. The summed E-state index contributed by atoms with van der Waals surface area (Å²) in [6.45, 7) is 8.93. The lowest BCUT2D eigenvalue weighted by molar-refractivity contribution is 0.340. The average Bonchev–Trinajstić information content (AvgIpc) is 2.47. The largest absolute Gasteiger partial charge is 0.494 e. The van der Waals surface area contributed by atoms with Crippen LogP contribution in [0.4, 0.5) is 0 Å². The number of aryl methyl sites for hydroxylation is 3. The first-order chi connectivity index (χ1) is 10.5. The zero-order valence-electron chi connectivity index (χ0n) is 13.8. The second-order valence-corrected chi connectivity index (χ2v) is 5.78. The van der Waals surface area contributed by atoms with Gasteiger partial charge < -0.3 is 4.74 Å². The summed E-state index contributed by atoms with van der Waals surface area (Å²) in [4.78, 5) is 0. The quantitative estimate of drug-likeness (QED) is 0.788. The van der Waals surface area contributed by atoms with Crippen LogP contribution in [0.15, 0.2) is 36.4 Å². The Morgan fingerprint density at radius 2 is 1.64 bits per heavy atom. The topological polar surface area (TPSA) is 33.0 Å². The Morgan fingerprint density at radius 1 is 1.05 bits per heavy atom. The number of ether oxygens (including phenoxy) is 1. The summed E-state index contributed by atoms with van der Waals surface area (Å²) < 4.78 is 5.46. The van der Waals surface area contributed by atoms with E-state index in [1.165, 1.54) is 22.3 Å². The highest BCUT2D eigenvalue weighted by Crippen LogP contribution is 2.28. The Hall–Kier alpha value is -2.27. The second kappa shape index (κ2) is 7.13. The van der Waals surface area contributed by atoms with E-state index in [0.717, 1.165) is 17.7 Å². The molecule has 0 aliphatic rings. The molecule has 22 heavy (non-hydrogen) atoms. The molecule has 0 radical (unpaired) electrons. The molecule has 1 unspecified atom stereocenters. The molecule has 2 rings (SSSR count). The van der Waals surface area contributed by atoms with Gasteiger partial charge in [-0.3, -0.25) is 0 Å². The summed E-state index contributed by atoms with van der Waals surface area (Å²) in [5.41, 5.74) is 5.98. The molecule has 114 valence electrons. The van der Waals surface area contributed by atoms with Crippen LogP contribution in [0.25, 0.3) is 0 Å². The third-order valence-corrected chi connectivity index (χ3v) is 3.92. The van der Waals surface area contributed by atoms with Crippen LogP contribution in [-0.4, -0.2) is 6.61 Å². The van der Waals surface area contributed by atoms with E-state index in [4.69, 9.17) is 4.74 Å². The molecule has 0 aromatic heterocycles. The van der Waals surface area contributed by atoms with Crippen LogP contribution >= 0.6 is 0 Å². The van der Waals surface area contributed by atoms with Gasteiger partial charge in [0.05, 0.1) is 18.6 Å². The molecule has 0 aliphatic carbocycles. The SMILES string of the molecule is CCOc1ccc(CC(C#N)c2c(C)cc(C)cc2C)cc1. The van der Waals surface area contributed by atoms with Gasteiger partial charge in [-0.15, -0.1) is 0 Å². The van der Waals surface area contributed by atoms with E-state index >= 15 is 0 Å². The standard InChI is InChI=1S/C20H23NO/c1-5-22-19-8-6-17(7-9-19)12-18(13-21)20-15(3)10-14(2)11-16(20)4/h6-11,18H,5,12H2,1-4H3. The minimum absolute atomic E-state index is 0.112. The van der Waals surface area contributed by atoms with E-state index in [1.54, 1.807) is 0 Å². The monoisotopic (exact) mass is 293 g/mol. The molecular formula is C20H23NO. The summed E-state index contributed by atoms with van der Waals surface area (Å²) in [7, 11) is 0. The van der Waals surface area contributed by atoms with Gasteiger partial charge in [0.15, 0.2) is 0 Å². The molecule has 0 bridgehead atoms. The highest BCUT2D eigenvalue weighted by molar-refractivity contribution is 5.43. The van der Waals surface area contributed by atoms with Gasteiger partial charge in [0.25, 0.3) is 0 Å². The van der Waals surface area contributed by atoms with Crippen molar-refractivity contribution < 1.29 is 4.74 Å². The zero-order chi connectivity index (χ0) is 16.1. The van der Waals surface area contributed by atoms with Crippen LogP contribution < -0.4 is 4.74 Å². The van der Waals surface area contributed by atoms with Crippen molar-refractivity contribution in [3.05, 3.63) is 64.2 Å². The van der Waals surface area contributed by atoms with Crippen LogP contribution in [0.2, 0.25) is 0 Å². The fraction of sp³-hybridized carbons (Fsp3) is 0.350. The summed E-state index contributed by atoms with van der Waals surface area (Å²) in [5.74, 6) is 0.765. The van der Waals surface area contributed by atoms with E-state index in [2.05, 4.69) is 39.0 Å². The molecule has 0 amide bonds. The van der Waals surface area contributed by atoms with Crippen molar-refractivity contribution in [1.82, 2.24) is 0 Å². The summed E-state index contributed by atoms with van der Waals surface area (Å²) in [6.07, 6.45) is 0.730. The van der Waals surface area contributed by atoms with Crippen molar-refractivity contribution in [3.63, 3.8) is 0 Å². The predicted octanol–water partition coefficient (Wildman–Crippen LogP) is 4.86. The van der Waals surface area contributed by atoms with Gasteiger partial charge in [-0.25, -0.2) is 0 Å². The highest BCUT2D eigenvalue weighted by Gasteiger charge is 2.16. The minimum atomic E-state index is -0.112. The molecule has 0 aliphatic heterocycles. The number of hydrogen-bond acceptors (Lipinski definition) is 2. The molecule has 0 saturated carbocycles. The Bertz CT molecular complexity index is 657. The Balaban J connectivity index is 2.25. The Labute approximate surface area is 133 Å². The Kier molecular flexibility index (Phi) is 5.22. The van der Waals surface area contributed by atoms with Crippen molar-refractivity contribution in [2.75, 3.05) is 6.61 Å². The molecule has 1 atom stereocenters. The smallest absolute Gasteiger partial charge is 0.119 e. The lowest BCUT2D eigenvalue weighted by Crippen LogP contribution is -2.06. The first-order valence-corrected chi connectivity index (χ1v) is 7.74. The lowest BCUT2D eigenvalue weighted by atomic mass is 9.86. The summed E-state index contributed by atoms with van der Waals surface area (Å²) in [5, 5.41) is 9.62. The van der Waals surface area contributed by atoms with E-state index in [-0.39, 0.29) is 5.92 Å². The van der Waals surface area contributed by atoms with E-state index < -0.39 is 0 Å². The molecule has 0 fully saturated rings. The minimum Gasteiger partial charge on any atom is -0.494 e. The number of nitrogens with zero attached hydrogens (tertiary/aromatic N) is 1. The number of nitriles is 1. The average molecular weight is 293 g/mol. The highest BCUT2D eigenvalue weighted by atomic mass is 16.5. The molecule has 2 aromatic rings. The lowest BCUT2D eigenvalue weighted by Gasteiger charge is -2.17. The maximum absolute atomic E-state index is 9.62. The van der Waals surface area contributed by atoms with Crippen molar-refractivity contribution >= 4 is 0 Å². The second-order valence-electron chi connectivity index (χ2n) is 5.78. The molecular weight excluding hydrogens is 270 g/mol. The van der Waals surface area contributed by atoms with Crippen molar-refractivity contribution in [2.45, 2.75) is 40.0 Å². The van der Waals surface area contributed by atoms with E-state index in [1.807, 2.05) is 31.2 Å². The maximum atomic E-state index is 9.62.